The van der Waals surface area contributed by atoms with Crippen molar-refractivity contribution in [1.29, 1.82) is 0 Å². The van der Waals surface area contributed by atoms with E-state index in [4.69, 9.17) is 11.2 Å². The number of hydrogen-bond donors (Lipinski definition) is 1. The molecule has 1 N–H and O–H groups in total. The van der Waals surface area contributed by atoms with E-state index in [2.05, 4.69) is 38.8 Å². The van der Waals surface area contributed by atoms with Crippen LogP contribution in [0.1, 0.15) is 59.3 Å². The number of hydrogen-bond acceptors (Lipinski definition) is 2. The highest BCUT2D eigenvalue weighted by atomic mass is 16.5. The van der Waals surface area contributed by atoms with Crippen LogP contribution in [-0.4, -0.2) is 17.8 Å². The Morgan fingerprint density at radius 2 is 2.04 bits per heavy atom. The fraction of sp³-hybridized carbons (Fsp3) is 0.739. The van der Waals surface area contributed by atoms with Gasteiger partial charge >= 0.3 is 0 Å². The second kappa shape index (κ2) is 5.40. The maximum absolute atomic E-state index is 11.3. The number of rotatable bonds is 1. The Hall–Kier alpha value is -1.20. The lowest BCUT2D eigenvalue weighted by Crippen LogP contribution is -2.54. The maximum Gasteiger partial charge on any atom is 0.133 e. The van der Waals surface area contributed by atoms with Crippen molar-refractivity contribution in [3.63, 3.8) is 0 Å². The minimum Gasteiger partial charge on any atom is -0.501 e. The molecule has 0 unspecified atom stereocenters. The summed E-state index contributed by atoms with van der Waals surface area (Å²) in [6.45, 7) is 6.88. The molecule has 4 aliphatic carbocycles. The van der Waals surface area contributed by atoms with E-state index in [9.17, 15) is 5.11 Å². The second-order valence-corrected chi connectivity index (χ2v) is 9.51. The molecule has 2 fully saturated rings. The topological polar surface area (TPSA) is 29.5 Å². The summed E-state index contributed by atoms with van der Waals surface area (Å²) in [6, 6.07) is 0. The number of aliphatic hydroxyl groups is 1. The van der Waals surface area contributed by atoms with E-state index in [0.717, 1.165) is 31.4 Å². The molecular formula is C23H32O2. The highest BCUT2D eigenvalue weighted by Gasteiger charge is 2.65. The van der Waals surface area contributed by atoms with Crippen molar-refractivity contribution >= 4 is 0 Å². The summed E-state index contributed by atoms with van der Waals surface area (Å²) >= 11 is 0. The Kier molecular flexibility index (Phi) is 3.72. The Balaban J connectivity index is 1.72. The van der Waals surface area contributed by atoms with Crippen LogP contribution in [0.4, 0.5) is 0 Å². The molecule has 4 rings (SSSR count). The monoisotopic (exact) mass is 340 g/mol. The second-order valence-electron chi connectivity index (χ2n) is 9.51. The van der Waals surface area contributed by atoms with Crippen molar-refractivity contribution in [3.8, 4) is 12.3 Å². The first-order chi connectivity index (χ1) is 11.8. The molecule has 2 heteroatoms. The number of ether oxygens (including phenoxy) is 1. The highest BCUT2D eigenvalue weighted by molar-refractivity contribution is 5.36. The first-order valence-electron chi connectivity index (χ1n) is 9.95. The van der Waals surface area contributed by atoms with Gasteiger partial charge in [0.15, 0.2) is 0 Å². The van der Waals surface area contributed by atoms with E-state index >= 15 is 0 Å². The molecule has 4 aliphatic rings. The van der Waals surface area contributed by atoms with E-state index in [1.807, 2.05) is 0 Å². The van der Waals surface area contributed by atoms with Crippen LogP contribution in [0.3, 0.4) is 0 Å². The van der Waals surface area contributed by atoms with Gasteiger partial charge in [-0.05, 0) is 72.8 Å². The summed E-state index contributed by atoms with van der Waals surface area (Å²) < 4.78 is 5.53. The smallest absolute Gasteiger partial charge is 0.133 e. The molecule has 2 saturated carbocycles. The molecule has 2 nitrogen and oxygen atoms in total. The van der Waals surface area contributed by atoms with Gasteiger partial charge in [0.25, 0.3) is 0 Å². The minimum absolute atomic E-state index is 0.133. The maximum atomic E-state index is 11.3. The van der Waals surface area contributed by atoms with Gasteiger partial charge in [-0.3, -0.25) is 0 Å². The van der Waals surface area contributed by atoms with Gasteiger partial charge in [0.05, 0.1) is 12.9 Å². The largest absolute Gasteiger partial charge is 0.501 e. The minimum atomic E-state index is -0.941. The summed E-state index contributed by atoms with van der Waals surface area (Å²) in [7, 11) is 1.79. The lowest BCUT2D eigenvalue weighted by atomic mass is 9.47. The summed E-state index contributed by atoms with van der Waals surface area (Å²) in [5.41, 5.74) is 0.667. The van der Waals surface area contributed by atoms with Crippen LogP contribution in [-0.2, 0) is 4.74 Å². The van der Waals surface area contributed by atoms with Gasteiger partial charge in [0, 0.05) is 11.8 Å². The van der Waals surface area contributed by atoms with Crippen molar-refractivity contribution in [3.05, 3.63) is 23.5 Å². The number of allylic oxidation sites excluding steroid dienone is 4. The molecule has 0 aromatic carbocycles. The Labute approximate surface area is 152 Å². The lowest BCUT2D eigenvalue weighted by Gasteiger charge is -2.57. The van der Waals surface area contributed by atoms with Crippen LogP contribution in [0.2, 0.25) is 0 Å². The summed E-state index contributed by atoms with van der Waals surface area (Å²) in [4.78, 5) is 0. The van der Waals surface area contributed by atoms with Gasteiger partial charge in [0.2, 0.25) is 0 Å². The van der Waals surface area contributed by atoms with Gasteiger partial charge < -0.3 is 9.84 Å². The zero-order valence-corrected chi connectivity index (χ0v) is 16.1. The van der Waals surface area contributed by atoms with Gasteiger partial charge in [0.1, 0.15) is 5.60 Å². The Morgan fingerprint density at radius 1 is 1.28 bits per heavy atom. The first kappa shape index (κ1) is 17.2. The van der Waals surface area contributed by atoms with Crippen molar-refractivity contribution in [2.24, 2.45) is 34.5 Å². The average Bonchev–Trinajstić information content (AvgIpc) is 2.82. The molecular weight excluding hydrogens is 308 g/mol. The fourth-order valence-corrected chi connectivity index (χ4v) is 7.11. The average molecular weight is 341 g/mol. The van der Waals surface area contributed by atoms with Crippen LogP contribution < -0.4 is 0 Å². The van der Waals surface area contributed by atoms with Crippen molar-refractivity contribution in [1.82, 2.24) is 0 Å². The van der Waals surface area contributed by atoms with E-state index < -0.39 is 5.60 Å². The van der Waals surface area contributed by atoms with Gasteiger partial charge in [-0.1, -0.05) is 32.8 Å². The van der Waals surface area contributed by atoms with E-state index in [-0.39, 0.29) is 16.7 Å². The predicted octanol–water partition coefficient (Wildman–Crippen LogP) is 4.70. The normalized spacial score (nSPS) is 51.4. The van der Waals surface area contributed by atoms with Crippen LogP contribution in [0.25, 0.3) is 0 Å². The molecule has 0 aromatic heterocycles. The SMILES string of the molecule is C#C[C@]1(O)[C@@H](C)C[C@H]2[C@@H]3CC=C4C=C(OC)CC[C@]4(C)[C@H]3CC[C@@]21C. The van der Waals surface area contributed by atoms with Crippen LogP contribution >= 0.6 is 0 Å². The zero-order valence-electron chi connectivity index (χ0n) is 16.1. The number of methoxy groups -OCH3 is 1. The van der Waals surface area contributed by atoms with Crippen LogP contribution in [0.15, 0.2) is 23.5 Å². The molecule has 0 saturated heterocycles. The molecule has 136 valence electrons. The predicted molar refractivity (Wildman–Crippen MR) is 101 cm³/mol. The van der Waals surface area contributed by atoms with Crippen LogP contribution in [0, 0.1) is 46.8 Å². The third-order valence-electron chi connectivity index (χ3n) is 8.80. The summed E-state index contributed by atoms with van der Waals surface area (Å²) in [5, 5.41) is 11.3. The number of terminal acetylenes is 1. The standard InChI is InChI=1S/C23H32O2/c1-6-23(24)15(2)13-20-18-8-7-16-14-17(25-5)9-11-21(16,3)19(18)10-12-22(20,23)4/h1,7,14-15,18-20,24H,8-13H2,2-5H3/t15-,18+,19-,20-,21-,22-,23-/m0/s1. The Morgan fingerprint density at radius 3 is 2.72 bits per heavy atom. The molecule has 7 atom stereocenters. The quantitative estimate of drug-likeness (QED) is 0.701. The number of fused-ring (bicyclic) bond motifs is 5. The third-order valence-corrected chi connectivity index (χ3v) is 8.80. The van der Waals surface area contributed by atoms with E-state index in [1.54, 1.807) is 7.11 Å². The van der Waals surface area contributed by atoms with Crippen molar-refractivity contribution in [2.75, 3.05) is 7.11 Å². The van der Waals surface area contributed by atoms with Crippen molar-refractivity contribution in [2.45, 2.75) is 64.9 Å². The summed E-state index contributed by atoms with van der Waals surface area (Å²) in [6.07, 6.45) is 17.2. The first-order valence-corrected chi connectivity index (χ1v) is 9.95. The highest BCUT2D eigenvalue weighted by Crippen LogP contribution is 2.67. The molecule has 0 radical (unpaired) electrons. The lowest BCUT2D eigenvalue weighted by molar-refractivity contribution is -0.101. The molecule has 0 spiro atoms. The molecule has 0 aliphatic heterocycles. The fourth-order valence-electron chi connectivity index (χ4n) is 7.11. The van der Waals surface area contributed by atoms with E-state index in [0.29, 0.717) is 17.8 Å². The zero-order chi connectivity index (χ0) is 18.0. The third kappa shape index (κ3) is 2.02. The molecule has 0 aromatic rings. The molecule has 0 amide bonds. The summed E-state index contributed by atoms with van der Waals surface area (Å²) in [5.74, 6) is 6.01. The van der Waals surface area contributed by atoms with E-state index in [1.165, 1.54) is 18.4 Å². The van der Waals surface area contributed by atoms with Crippen LogP contribution in [0.5, 0.6) is 0 Å². The van der Waals surface area contributed by atoms with Gasteiger partial charge in [-0.25, -0.2) is 0 Å². The van der Waals surface area contributed by atoms with Crippen molar-refractivity contribution < 1.29 is 9.84 Å². The van der Waals surface area contributed by atoms with Gasteiger partial charge in [-0.2, -0.15) is 0 Å². The molecule has 0 heterocycles. The Bertz CT molecular complexity index is 683. The van der Waals surface area contributed by atoms with Gasteiger partial charge in [-0.15, -0.1) is 6.42 Å². The molecule has 25 heavy (non-hydrogen) atoms. The molecule has 0 bridgehead atoms.